The molecule has 1 rings (SSSR count). The minimum atomic E-state index is -0.651. The van der Waals surface area contributed by atoms with Gasteiger partial charge < -0.3 is 4.74 Å². The highest BCUT2D eigenvalue weighted by Gasteiger charge is 2.12. The molecule has 0 aliphatic carbocycles. The molecule has 0 saturated heterocycles. The van der Waals surface area contributed by atoms with Gasteiger partial charge in [0.15, 0.2) is 0 Å². The summed E-state index contributed by atoms with van der Waals surface area (Å²) in [6.07, 6.45) is 1.39. The third-order valence-corrected chi connectivity index (χ3v) is 2.71. The fraction of sp³-hybridized carbons (Fsp3) is 0.286. The van der Waals surface area contributed by atoms with E-state index < -0.39 is 5.97 Å². The minimum absolute atomic E-state index is 0.0927. The lowest BCUT2D eigenvalue weighted by molar-refractivity contribution is -0.139. The highest BCUT2D eigenvalue weighted by Crippen LogP contribution is 2.23. The summed E-state index contributed by atoms with van der Waals surface area (Å²) in [5.74, 6) is -0.440. The molecular formula is C14H13Cl2NO2. The molecule has 0 amide bonds. The fourth-order valence-corrected chi connectivity index (χ4v) is 1.69. The Kier molecular flexibility index (Phi) is 5.88. The second-order valence-electron chi connectivity index (χ2n) is 4.33. The summed E-state index contributed by atoms with van der Waals surface area (Å²) >= 11 is 11.7. The Balaban J connectivity index is 2.93. The molecule has 19 heavy (non-hydrogen) atoms. The Morgan fingerprint density at radius 3 is 2.68 bits per heavy atom. The lowest BCUT2D eigenvalue weighted by atomic mass is 10.1. The van der Waals surface area contributed by atoms with E-state index in [4.69, 9.17) is 33.2 Å². The van der Waals surface area contributed by atoms with Crippen molar-refractivity contribution < 1.29 is 9.53 Å². The zero-order valence-electron chi connectivity index (χ0n) is 10.6. The molecule has 5 heteroatoms. The first-order chi connectivity index (χ1) is 8.93. The molecule has 0 N–H and O–H groups in total. The summed E-state index contributed by atoms with van der Waals surface area (Å²) in [6, 6.07) is 6.63. The van der Waals surface area contributed by atoms with Crippen molar-refractivity contribution >= 4 is 35.2 Å². The topological polar surface area (TPSA) is 50.1 Å². The van der Waals surface area contributed by atoms with Crippen molar-refractivity contribution in [2.75, 3.05) is 6.61 Å². The Morgan fingerprint density at radius 2 is 2.16 bits per heavy atom. The van der Waals surface area contributed by atoms with E-state index in [0.29, 0.717) is 15.6 Å². The van der Waals surface area contributed by atoms with E-state index in [1.165, 1.54) is 6.08 Å². The Bertz CT molecular complexity index is 545. The van der Waals surface area contributed by atoms with E-state index in [1.54, 1.807) is 18.2 Å². The van der Waals surface area contributed by atoms with Crippen LogP contribution in [0.1, 0.15) is 19.4 Å². The first-order valence-corrected chi connectivity index (χ1v) is 6.43. The van der Waals surface area contributed by atoms with Crippen LogP contribution in [0.2, 0.25) is 10.0 Å². The Morgan fingerprint density at radius 1 is 1.47 bits per heavy atom. The van der Waals surface area contributed by atoms with Crippen LogP contribution in [0.4, 0.5) is 0 Å². The number of halogens is 2. The lowest BCUT2D eigenvalue weighted by Crippen LogP contribution is -2.11. The molecule has 0 aliphatic rings. The number of hydrogen-bond donors (Lipinski definition) is 0. The number of nitriles is 1. The van der Waals surface area contributed by atoms with E-state index in [9.17, 15) is 4.79 Å². The molecule has 0 radical (unpaired) electrons. The molecule has 0 aromatic heterocycles. The molecule has 3 nitrogen and oxygen atoms in total. The van der Waals surface area contributed by atoms with E-state index in [2.05, 4.69) is 0 Å². The molecule has 1 aromatic rings. The number of nitrogens with zero attached hydrogens (tertiary/aromatic N) is 1. The average molecular weight is 298 g/mol. The standard InChI is InChI=1S/C14H13Cl2NO2/c1-9(2)8-19-14(18)11(7-17)5-10-3-4-12(15)6-13(10)16/h3-6,9H,8H2,1-2H3/b11-5-. The van der Waals surface area contributed by atoms with Gasteiger partial charge in [-0.25, -0.2) is 4.79 Å². The summed E-state index contributed by atoms with van der Waals surface area (Å²) in [5.41, 5.74) is 0.453. The molecular weight excluding hydrogens is 285 g/mol. The van der Waals surface area contributed by atoms with Gasteiger partial charge in [-0.3, -0.25) is 0 Å². The second-order valence-corrected chi connectivity index (χ2v) is 5.17. The van der Waals surface area contributed by atoms with E-state index in [1.807, 2.05) is 19.9 Å². The summed E-state index contributed by atoms with van der Waals surface area (Å²) in [4.78, 5) is 11.7. The van der Waals surface area contributed by atoms with E-state index in [-0.39, 0.29) is 18.1 Å². The molecule has 100 valence electrons. The Hall–Kier alpha value is -1.50. The maximum Gasteiger partial charge on any atom is 0.348 e. The van der Waals surface area contributed by atoms with Crippen molar-refractivity contribution in [3.05, 3.63) is 39.4 Å². The van der Waals surface area contributed by atoms with Crippen molar-refractivity contribution in [2.45, 2.75) is 13.8 Å². The van der Waals surface area contributed by atoms with Gasteiger partial charge in [0.1, 0.15) is 11.6 Å². The molecule has 0 atom stereocenters. The number of rotatable bonds is 4. The number of ether oxygens (including phenoxy) is 1. The van der Waals surface area contributed by atoms with Crippen molar-refractivity contribution in [3.8, 4) is 6.07 Å². The van der Waals surface area contributed by atoms with Gasteiger partial charge in [0, 0.05) is 10.0 Å². The average Bonchev–Trinajstić information content (AvgIpc) is 2.35. The predicted molar refractivity (Wildman–Crippen MR) is 75.8 cm³/mol. The molecule has 0 saturated carbocycles. The summed E-state index contributed by atoms with van der Waals surface area (Å²) in [5, 5.41) is 9.84. The van der Waals surface area contributed by atoms with Crippen molar-refractivity contribution in [1.82, 2.24) is 0 Å². The number of carbonyl (C=O) groups is 1. The zero-order valence-corrected chi connectivity index (χ0v) is 12.1. The third kappa shape index (κ3) is 4.94. The van der Waals surface area contributed by atoms with E-state index >= 15 is 0 Å². The SMILES string of the molecule is CC(C)COC(=O)/C(C#N)=C\c1ccc(Cl)cc1Cl. The van der Waals surface area contributed by atoms with Crippen molar-refractivity contribution in [2.24, 2.45) is 5.92 Å². The van der Waals surface area contributed by atoms with Crippen LogP contribution in [0.25, 0.3) is 6.08 Å². The van der Waals surface area contributed by atoms with Gasteiger partial charge in [-0.15, -0.1) is 0 Å². The predicted octanol–water partition coefficient (Wildman–Crippen LogP) is 4.10. The summed E-state index contributed by atoms with van der Waals surface area (Å²) in [7, 11) is 0. The van der Waals surface area contributed by atoms with Crippen LogP contribution in [0.3, 0.4) is 0 Å². The maximum absolute atomic E-state index is 11.7. The van der Waals surface area contributed by atoms with Gasteiger partial charge in [-0.05, 0) is 29.7 Å². The van der Waals surface area contributed by atoms with Crippen molar-refractivity contribution in [3.63, 3.8) is 0 Å². The number of benzene rings is 1. The molecule has 0 spiro atoms. The maximum atomic E-state index is 11.7. The number of carbonyl (C=O) groups excluding carboxylic acids is 1. The summed E-state index contributed by atoms with van der Waals surface area (Å²) in [6.45, 7) is 4.10. The Labute approximate surface area is 122 Å². The van der Waals surface area contributed by atoms with Crippen LogP contribution in [0, 0.1) is 17.2 Å². The zero-order chi connectivity index (χ0) is 14.4. The van der Waals surface area contributed by atoms with Crippen LogP contribution in [0.15, 0.2) is 23.8 Å². The monoisotopic (exact) mass is 297 g/mol. The van der Waals surface area contributed by atoms with Crippen LogP contribution < -0.4 is 0 Å². The highest BCUT2D eigenvalue weighted by molar-refractivity contribution is 6.35. The minimum Gasteiger partial charge on any atom is -0.461 e. The second kappa shape index (κ2) is 7.18. The van der Waals surface area contributed by atoms with Gasteiger partial charge in [-0.1, -0.05) is 43.1 Å². The third-order valence-electron chi connectivity index (χ3n) is 2.15. The molecule has 0 bridgehead atoms. The molecule has 0 aliphatic heterocycles. The number of hydrogen-bond acceptors (Lipinski definition) is 3. The van der Waals surface area contributed by atoms with Gasteiger partial charge in [0.25, 0.3) is 0 Å². The van der Waals surface area contributed by atoms with Gasteiger partial charge >= 0.3 is 5.97 Å². The number of esters is 1. The molecule has 1 aromatic carbocycles. The van der Waals surface area contributed by atoms with Crippen LogP contribution >= 0.6 is 23.2 Å². The van der Waals surface area contributed by atoms with Gasteiger partial charge in [0.2, 0.25) is 0 Å². The van der Waals surface area contributed by atoms with Crippen LogP contribution in [-0.2, 0) is 9.53 Å². The normalized spacial score (nSPS) is 11.3. The smallest absolute Gasteiger partial charge is 0.348 e. The van der Waals surface area contributed by atoms with Crippen LogP contribution in [0.5, 0.6) is 0 Å². The van der Waals surface area contributed by atoms with E-state index in [0.717, 1.165) is 0 Å². The highest BCUT2D eigenvalue weighted by atomic mass is 35.5. The van der Waals surface area contributed by atoms with Crippen LogP contribution in [-0.4, -0.2) is 12.6 Å². The summed E-state index contributed by atoms with van der Waals surface area (Å²) < 4.78 is 4.99. The quantitative estimate of drug-likeness (QED) is 0.477. The first kappa shape index (κ1) is 15.6. The lowest BCUT2D eigenvalue weighted by Gasteiger charge is -2.06. The van der Waals surface area contributed by atoms with Gasteiger partial charge in [0.05, 0.1) is 6.61 Å². The van der Waals surface area contributed by atoms with Gasteiger partial charge in [-0.2, -0.15) is 5.26 Å². The molecule has 0 unspecified atom stereocenters. The first-order valence-electron chi connectivity index (χ1n) is 5.68. The molecule has 0 heterocycles. The largest absolute Gasteiger partial charge is 0.461 e. The van der Waals surface area contributed by atoms with Crippen molar-refractivity contribution in [1.29, 1.82) is 5.26 Å². The fourth-order valence-electron chi connectivity index (χ4n) is 1.23. The molecule has 0 fully saturated rings.